The van der Waals surface area contributed by atoms with Crippen LogP contribution < -0.4 is 10.5 Å². The Morgan fingerprint density at radius 3 is 2.52 bits per heavy atom. The first-order valence-corrected chi connectivity index (χ1v) is 7.99. The van der Waals surface area contributed by atoms with Crippen molar-refractivity contribution in [1.29, 1.82) is 0 Å². The van der Waals surface area contributed by atoms with Crippen LogP contribution in [0.5, 0.6) is 0 Å². The van der Waals surface area contributed by atoms with E-state index in [4.69, 9.17) is 5.73 Å². The molecule has 0 atom stereocenters. The molecule has 0 amide bonds. The van der Waals surface area contributed by atoms with E-state index in [0.717, 1.165) is 0 Å². The molecule has 3 N–H and O–H groups in total. The van der Waals surface area contributed by atoms with Crippen molar-refractivity contribution < 1.29 is 12.8 Å². The number of nitrogens with one attached hydrogen (secondary N) is 1. The quantitative estimate of drug-likeness (QED) is 0.853. The minimum absolute atomic E-state index is 0.0741. The molecule has 2 aromatic rings. The standard InChI is InChI=1S/C15H17FN2O2S/c1-3-11-5-6-12(17)9-15(11)21(19,20)18-14-7-4-10(2)8-13(14)16/h4-9,18H,3,17H2,1-2H3. The Kier molecular flexibility index (Phi) is 4.18. The van der Waals surface area contributed by atoms with Gasteiger partial charge in [0.2, 0.25) is 0 Å². The highest BCUT2D eigenvalue weighted by molar-refractivity contribution is 7.92. The molecule has 112 valence electrons. The van der Waals surface area contributed by atoms with Gasteiger partial charge in [0.1, 0.15) is 5.82 Å². The fraction of sp³-hybridized carbons (Fsp3) is 0.200. The Balaban J connectivity index is 2.45. The summed E-state index contributed by atoms with van der Waals surface area (Å²) in [6.07, 6.45) is 0.535. The van der Waals surface area contributed by atoms with Crippen LogP contribution in [-0.2, 0) is 16.4 Å². The van der Waals surface area contributed by atoms with Crippen molar-refractivity contribution in [3.8, 4) is 0 Å². The predicted molar refractivity (Wildman–Crippen MR) is 82.2 cm³/mol. The number of sulfonamides is 1. The lowest BCUT2D eigenvalue weighted by Crippen LogP contribution is -2.16. The summed E-state index contributed by atoms with van der Waals surface area (Å²) >= 11 is 0. The first-order chi connectivity index (χ1) is 9.83. The van der Waals surface area contributed by atoms with Gasteiger partial charge in [0, 0.05) is 5.69 Å². The van der Waals surface area contributed by atoms with Crippen molar-refractivity contribution in [3.05, 3.63) is 53.3 Å². The Hall–Kier alpha value is -2.08. The molecule has 2 aromatic carbocycles. The van der Waals surface area contributed by atoms with Gasteiger partial charge in [-0.3, -0.25) is 4.72 Å². The number of rotatable bonds is 4. The molecule has 21 heavy (non-hydrogen) atoms. The first kappa shape index (κ1) is 15.3. The van der Waals surface area contributed by atoms with E-state index < -0.39 is 15.8 Å². The van der Waals surface area contributed by atoms with Gasteiger partial charge in [0.25, 0.3) is 10.0 Å². The maximum atomic E-state index is 13.8. The van der Waals surface area contributed by atoms with Gasteiger partial charge in [0.15, 0.2) is 0 Å². The van der Waals surface area contributed by atoms with E-state index in [9.17, 15) is 12.8 Å². The molecule has 0 bridgehead atoms. The summed E-state index contributed by atoms with van der Waals surface area (Å²) in [6, 6.07) is 9.01. The fourth-order valence-electron chi connectivity index (χ4n) is 2.02. The number of hydrogen-bond acceptors (Lipinski definition) is 3. The third kappa shape index (κ3) is 3.33. The van der Waals surface area contributed by atoms with Crippen LogP contribution in [0.2, 0.25) is 0 Å². The van der Waals surface area contributed by atoms with Crippen molar-refractivity contribution in [2.45, 2.75) is 25.2 Å². The van der Waals surface area contributed by atoms with Gasteiger partial charge in [0.05, 0.1) is 10.6 Å². The Bertz CT molecular complexity index is 773. The van der Waals surface area contributed by atoms with Crippen molar-refractivity contribution in [2.24, 2.45) is 0 Å². The second kappa shape index (κ2) is 5.73. The van der Waals surface area contributed by atoms with Gasteiger partial charge < -0.3 is 5.73 Å². The van der Waals surface area contributed by atoms with Gasteiger partial charge in [-0.05, 0) is 48.7 Å². The van der Waals surface area contributed by atoms with Crippen molar-refractivity contribution >= 4 is 21.4 Å². The lowest BCUT2D eigenvalue weighted by molar-refractivity contribution is 0.597. The predicted octanol–water partition coefficient (Wildman–Crippen LogP) is 3.08. The third-order valence-electron chi connectivity index (χ3n) is 3.13. The number of halogens is 1. The molecule has 0 saturated heterocycles. The topological polar surface area (TPSA) is 72.2 Å². The molecular weight excluding hydrogens is 291 g/mol. The summed E-state index contributed by atoms with van der Waals surface area (Å²) in [7, 11) is -3.88. The zero-order valence-corrected chi connectivity index (χ0v) is 12.7. The highest BCUT2D eigenvalue weighted by Gasteiger charge is 2.19. The van der Waals surface area contributed by atoms with Crippen molar-refractivity contribution in [3.63, 3.8) is 0 Å². The van der Waals surface area contributed by atoms with Crippen LogP contribution in [0.15, 0.2) is 41.3 Å². The van der Waals surface area contributed by atoms with E-state index in [1.54, 1.807) is 25.1 Å². The van der Waals surface area contributed by atoms with Crippen LogP contribution in [0.25, 0.3) is 0 Å². The molecule has 0 aliphatic heterocycles. The largest absolute Gasteiger partial charge is 0.399 e. The molecule has 0 unspecified atom stereocenters. The minimum Gasteiger partial charge on any atom is -0.399 e. The third-order valence-corrected chi connectivity index (χ3v) is 4.58. The summed E-state index contributed by atoms with van der Waals surface area (Å²) in [4.78, 5) is 0.0741. The number of nitrogen functional groups attached to an aromatic ring is 1. The van der Waals surface area contributed by atoms with Gasteiger partial charge in [-0.1, -0.05) is 19.1 Å². The van der Waals surface area contributed by atoms with Gasteiger partial charge >= 0.3 is 0 Å². The van der Waals surface area contributed by atoms with Crippen LogP contribution >= 0.6 is 0 Å². The molecule has 0 aromatic heterocycles. The molecule has 0 heterocycles. The second-order valence-corrected chi connectivity index (χ2v) is 6.46. The molecule has 0 aliphatic rings. The number of benzene rings is 2. The number of anilines is 2. The summed E-state index contributed by atoms with van der Waals surface area (Å²) in [5.41, 5.74) is 7.27. The van der Waals surface area contributed by atoms with E-state index in [1.165, 1.54) is 18.2 Å². The summed E-state index contributed by atoms with van der Waals surface area (Å²) in [5.74, 6) is -0.611. The molecule has 0 saturated carbocycles. The van der Waals surface area contributed by atoms with E-state index >= 15 is 0 Å². The Morgan fingerprint density at radius 1 is 1.19 bits per heavy atom. The maximum Gasteiger partial charge on any atom is 0.262 e. The molecule has 2 rings (SSSR count). The monoisotopic (exact) mass is 308 g/mol. The summed E-state index contributed by atoms with van der Waals surface area (Å²) < 4.78 is 41.0. The minimum atomic E-state index is -3.88. The highest BCUT2D eigenvalue weighted by Crippen LogP contribution is 2.24. The van der Waals surface area contributed by atoms with E-state index in [1.807, 2.05) is 6.92 Å². The van der Waals surface area contributed by atoms with Gasteiger partial charge in [-0.15, -0.1) is 0 Å². The Labute approximate surface area is 123 Å². The van der Waals surface area contributed by atoms with Crippen LogP contribution in [-0.4, -0.2) is 8.42 Å². The SMILES string of the molecule is CCc1ccc(N)cc1S(=O)(=O)Nc1ccc(C)cc1F. The number of aryl methyl sites for hydroxylation is 2. The molecule has 0 radical (unpaired) electrons. The molecule has 0 fully saturated rings. The first-order valence-electron chi connectivity index (χ1n) is 6.51. The van der Waals surface area contributed by atoms with Crippen molar-refractivity contribution in [1.82, 2.24) is 0 Å². The van der Waals surface area contributed by atoms with Gasteiger partial charge in [-0.2, -0.15) is 0 Å². The molecule has 6 heteroatoms. The average Bonchev–Trinajstić information content (AvgIpc) is 2.42. The molecular formula is C15H17FN2O2S. The second-order valence-electron chi connectivity index (χ2n) is 4.81. The highest BCUT2D eigenvalue weighted by atomic mass is 32.2. The lowest BCUT2D eigenvalue weighted by Gasteiger charge is -2.13. The number of hydrogen-bond donors (Lipinski definition) is 2. The van der Waals surface area contributed by atoms with Crippen LogP contribution in [0, 0.1) is 12.7 Å². The maximum absolute atomic E-state index is 13.8. The summed E-state index contributed by atoms with van der Waals surface area (Å²) in [6.45, 7) is 3.57. The van der Waals surface area contributed by atoms with Crippen molar-refractivity contribution in [2.75, 3.05) is 10.5 Å². The smallest absolute Gasteiger partial charge is 0.262 e. The van der Waals surface area contributed by atoms with E-state index in [2.05, 4.69) is 4.72 Å². The van der Waals surface area contributed by atoms with Crippen LogP contribution in [0.1, 0.15) is 18.1 Å². The fourth-order valence-corrected chi connectivity index (χ4v) is 3.43. The Morgan fingerprint density at radius 2 is 1.90 bits per heavy atom. The molecule has 0 spiro atoms. The normalized spacial score (nSPS) is 11.4. The number of nitrogens with two attached hydrogens (primary N) is 1. The molecule has 0 aliphatic carbocycles. The molecule has 4 nitrogen and oxygen atoms in total. The summed E-state index contributed by atoms with van der Waals surface area (Å²) in [5, 5.41) is 0. The zero-order chi connectivity index (χ0) is 15.6. The van der Waals surface area contributed by atoms with Crippen LogP contribution in [0.3, 0.4) is 0 Å². The van der Waals surface area contributed by atoms with Crippen LogP contribution in [0.4, 0.5) is 15.8 Å². The van der Waals surface area contributed by atoms with Gasteiger partial charge in [-0.25, -0.2) is 12.8 Å². The van der Waals surface area contributed by atoms with E-state index in [0.29, 0.717) is 23.2 Å². The zero-order valence-electron chi connectivity index (χ0n) is 11.9. The average molecular weight is 308 g/mol. The van der Waals surface area contributed by atoms with E-state index in [-0.39, 0.29) is 10.6 Å². The lowest BCUT2D eigenvalue weighted by atomic mass is 10.1.